The number of hydrogen-bond donors (Lipinski definition) is 3. The number of amides is 1. The highest BCUT2D eigenvalue weighted by atomic mass is 16.4. The first-order valence-electron chi connectivity index (χ1n) is 5.07. The lowest BCUT2D eigenvalue weighted by atomic mass is 9.71. The summed E-state index contributed by atoms with van der Waals surface area (Å²) in [5, 5.41) is 28.5. The van der Waals surface area contributed by atoms with Crippen molar-refractivity contribution in [1.29, 1.82) is 0 Å². The van der Waals surface area contributed by atoms with E-state index >= 15 is 0 Å². The first-order chi connectivity index (χ1) is 6.77. The Hall–Kier alpha value is -0.810. The van der Waals surface area contributed by atoms with Gasteiger partial charge in [-0.25, -0.2) is 4.79 Å². The summed E-state index contributed by atoms with van der Waals surface area (Å²) >= 11 is 0. The van der Waals surface area contributed by atoms with Gasteiger partial charge in [0.2, 0.25) is 0 Å². The maximum atomic E-state index is 11.1. The Bertz CT molecular complexity index is 261. The lowest BCUT2D eigenvalue weighted by Crippen LogP contribution is -2.63. The van der Waals surface area contributed by atoms with Crippen LogP contribution < -0.4 is 0 Å². The van der Waals surface area contributed by atoms with Crippen molar-refractivity contribution in [2.24, 2.45) is 5.41 Å². The fourth-order valence-corrected chi connectivity index (χ4v) is 2.47. The van der Waals surface area contributed by atoms with Crippen LogP contribution in [0.5, 0.6) is 0 Å². The Balaban J connectivity index is 3.18. The SMILES string of the molecule is CC(C)(C)[C@@]1(CO)[C@@H](O)CCN1C(=O)O. The van der Waals surface area contributed by atoms with Crippen LogP contribution in [-0.2, 0) is 0 Å². The fraction of sp³-hybridized carbons (Fsp3) is 0.900. The second-order valence-corrected chi connectivity index (χ2v) is 5.07. The molecule has 1 rings (SSSR count). The molecule has 1 fully saturated rings. The van der Waals surface area contributed by atoms with Crippen LogP contribution in [0.2, 0.25) is 0 Å². The average Bonchev–Trinajstić information content (AvgIpc) is 2.42. The van der Waals surface area contributed by atoms with Gasteiger partial charge in [0.1, 0.15) is 0 Å². The van der Waals surface area contributed by atoms with Gasteiger partial charge in [0, 0.05) is 6.54 Å². The van der Waals surface area contributed by atoms with E-state index in [1.165, 1.54) is 0 Å². The number of rotatable bonds is 1. The standard InChI is InChI=1S/C10H19NO4/c1-9(2,3)10(6-12)7(13)4-5-11(10)8(14)15/h7,12-13H,4-6H2,1-3H3,(H,14,15)/t7-,10+/m0/s1. The number of hydrogen-bond acceptors (Lipinski definition) is 3. The summed E-state index contributed by atoms with van der Waals surface area (Å²) in [6, 6.07) is 0. The molecule has 0 aromatic carbocycles. The van der Waals surface area contributed by atoms with Gasteiger partial charge in [-0.05, 0) is 11.8 Å². The van der Waals surface area contributed by atoms with Crippen molar-refractivity contribution >= 4 is 6.09 Å². The summed E-state index contributed by atoms with van der Waals surface area (Å²) in [6.45, 7) is 5.40. The Kier molecular flexibility index (Phi) is 2.98. The summed E-state index contributed by atoms with van der Waals surface area (Å²) in [6.07, 6.45) is -1.52. The van der Waals surface area contributed by atoms with E-state index in [1.807, 2.05) is 20.8 Å². The van der Waals surface area contributed by atoms with Crippen LogP contribution in [0.3, 0.4) is 0 Å². The summed E-state index contributed by atoms with van der Waals surface area (Å²) < 4.78 is 0. The topological polar surface area (TPSA) is 81.0 Å². The molecule has 2 atom stereocenters. The van der Waals surface area contributed by atoms with Gasteiger partial charge in [-0.2, -0.15) is 0 Å². The van der Waals surface area contributed by atoms with Crippen LogP contribution in [0.1, 0.15) is 27.2 Å². The summed E-state index contributed by atoms with van der Waals surface area (Å²) in [7, 11) is 0. The molecule has 88 valence electrons. The van der Waals surface area contributed by atoms with Gasteiger partial charge in [0.05, 0.1) is 18.2 Å². The Labute approximate surface area is 89.3 Å². The van der Waals surface area contributed by atoms with Gasteiger partial charge < -0.3 is 15.3 Å². The molecule has 0 aromatic rings. The molecule has 1 aliphatic heterocycles. The number of carbonyl (C=O) groups is 1. The predicted octanol–water partition coefficient (Wildman–Crippen LogP) is 0.508. The second-order valence-electron chi connectivity index (χ2n) is 5.07. The quantitative estimate of drug-likeness (QED) is 0.597. The highest BCUT2D eigenvalue weighted by Gasteiger charge is 2.57. The number of likely N-dealkylation sites (tertiary alicyclic amines) is 1. The zero-order chi connectivity index (χ0) is 11.9. The third-order valence-electron chi connectivity index (χ3n) is 3.43. The first kappa shape index (κ1) is 12.3. The molecule has 5 heteroatoms. The minimum atomic E-state index is -1.09. The molecule has 0 aliphatic carbocycles. The van der Waals surface area contributed by atoms with Crippen LogP contribution in [0.4, 0.5) is 4.79 Å². The minimum absolute atomic E-state index is 0.272. The van der Waals surface area contributed by atoms with Crippen molar-refractivity contribution in [2.75, 3.05) is 13.2 Å². The number of aliphatic hydroxyl groups excluding tert-OH is 2. The molecular weight excluding hydrogens is 198 g/mol. The van der Waals surface area contributed by atoms with Gasteiger partial charge in [-0.15, -0.1) is 0 Å². The smallest absolute Gasteiger partial charge is 0.407 e. The van der Waals surface area contributed by atoms with Gasteiger partial charge in [0.25, 0.3) is 0 Å². The largest absolute Gasteiger partial charge is 0.465 e. The average molecular weight is 217 g/mol. The van der Waals surface area contributed by atoms with Crippen molar-refractivity contribution in [2.45, 2.75) is 38.8 Å². The van der Waals surface area contributed by atoms with Gasteiger partial charge >= 0.3 is 6.09 Å². The second kappa shape index (κ2) is 3.64. The lowest BCUT2D eigenvalue weighted by Gasteiger charge is -2.47. The molecule has 0 aromatic heterocycles. The lowest BCUT2D eigenvalue weighted by molar-refractivity contribution is -0.0724. The van der Waals surface area contributed by atoms with Crippen LogP contribution >= 0.6 is 0 Å². The van der Waals surface area contributed by atoms with E-state index in [0.29, 0.717) is 6.42 Å². The van der Waals surface area contributed by atoms with E-state index in [-0.39, 0.29) is 13.2 Å². The third-order valence-corrected chi connectivity index (χ3v) is 3.43. The van der Waals surface area contributed by atoms with Crippen LogP contribution in [0.15, 0.2) is 0 Å². The molecule has 3 N–H and O–H groups in total. The molecule has 15 heavy (non-hydrogen) atoms. The zero-order valence-corrected chi connectivity index (χ0v) is 9.40. The molecule has 0 radical (unpaired) electrons. The Morgan fingerprint density at radius 1 is 1.53 bits per heavy atom. The van der Waals surface area contributed by atoms with E-state index in [9.17, 15) is 15.0 Å². The van der Waals surface area contributed by atoms with E-state index < -0.39 is 23.2 Å². The summed E-state index contributed by atoms with van der Waals surface area (Å²) in [5.74, 6) is 0. The van der Waals surface area contributed by atoms with Crippen molar-refractivity contribution in [1.82, 2.24) is 4.90 Å². The van der Waals surface area contributed by atoms with Gasteiger partial charge in [-0.3, -0.25) is 4.90 Å². The van der Waals surface area contributed by atoms with Crippen molar-refractivity contribution < 1.29 is 20.1 Å². The first-order valence-corrected chi connectivity index (χ1v) is 5.07. The van der Waals surface area contributed by atoms with Crippen molar-refractivity contribution in [3.05, 3.63) is 0 Å². The fourth-order valence-electron chi connectivity index (χ4n) is 2.47. The van der Waals surface area contributed by atoms with Crippen LogP contribution in [-0.4, -0.2) is 51.1 Å². The zero-order valence-electron chi connectivity index (χ0n) is 9.40. The van der Waals surface area contributed by atoms with Crippen LogP contribution in [0, 0.1) is 5.41 Å². The maximum absolute atomic E-state index is 11.1. The molecule has 5 nitrogen and oxygen atoms in total. The summed E-state index contributed by atoms with van der Waals surface area (Å²) in [5.41, 5.74) is -1.59. The molecule has 1 amide bonds. The molecular formula is C10H19NO4. The molecule has 1 aliphatic rings. The third kappa shape index (κ3) is 1.59. The van der Waals surface area contributed by atoms with E-state index in [2.05, 4.69) is 0 Å². The number of carboxylic acid groups (broad SMARTS) is 1. The minimum Gasteiger partial charge on any atom is -0.465 e. The molecule has 0 spiro atoms. The summed E-state index contributed by atoms with van der Waals surface area (Å²) in [4.78, 5) is 12.2. The van der Waals surface area contributed by atoms with E-state index in [1.54, 1.807) is 0 Å². The van der Waals surface area contributed by atoms with Crippen molar-refractivity contribution in [3.8, 4) is 0 Å². The van der Waals surface area contributed by atoms with Crippen molar-refractivity contribution in [3.63, 3.8) is 0 Å². The molecule has 0 saturated carbocycles. The Morgan fingerprint density at radius 2 is 2.07 bits per heavy atom. The number of nitrogens with zero attached hydrogens (tertiary/aromatic N) is 1. The molecule has 1 heterocycles. The Morgan fingerprint density at radius 3 is 2.33 bits per heavy atom. The van der Waals surface area contributed by atoms with E-state index in [4.69, 9.17) is 5.11 Å². The van der Waals surface area contributed by atoms with Gasteiger partial charge in [0.15, 0.2) is 0 Å². The molecule has 1 saturated heterocycles. The number of aliphatic hydroxyl groups is 2. The maximum Gasteiger partial charge on any atom is 0.407 e. The highest BCUT2D eigenvalue weighted by Crippen LogP contribution is 2.43. The van der Waals surface area contributed by atoms with E-state index in [0.717, 1.165) is 4.90 Å². The predicted molar refractivity (Wildman–Crippen MR) is 54.6 cm³/mol. The molecule has 0 bridgehead atoms. The van der Waals surface area contributed by atoms with Crippen LogP contribution in [0.25, 0.3) is 0 Å². The van der Waals surface area contributed by atoms with Gasteiger partial charge in [-0.1, -0.05) is 20.8 Å². The monoisotopic (exact) mass is 217 g/mol. The highest BCUT2D eigenvalue weighted by molar-refractivity contribution is 5.67. The normalized spacial score (nSPS) is 32.1. The molecule has 0 unspecified atom stereocenters.